The Morgan fingerprint density at radius 3 is 2.38 bits per heavy atom. The number of nitrogens with zero attached hydrogens (tertiary/aromatic N) is 1. The fourth-order valence-electron chi connectivity index (χ4n) is 3.91. The number of carbonyl (C=O) groups excluding carboxylic acids is 2. The van der Waals surface area contributed by atoms with E-state index in [4.69, 9.17) is 4.74 Å². The van der Waals surface area contributed by atoms with E-state index < -0.39 is 0 Å². The highest BCUT2D eigenvalue weighted by Gasteiger charge is 2.34. The number of rotatable bonds is 7. The molecule has 5 nitrogen and oxygen atoms in total. The number of methoxy groups -OCH3 is 1. The molecule has 3 aromatic carbocycles. The molecule has 1 saturated heterocycles. The van der Waals surface area contributed by atoms with E-state index in [0.29, 0.717) is 5.75 Å². The second-order valence-electron chi connectivity index (χ2n) is 7.61. The Morgan fingerprint density at radius 2 is 1.75 bits per heavy atom. The molecule has 1 heterocycles. The first kappa shape index (κ1) is 22.0. The summed E-state index contributed by atoms with van der Waals surface area (Å²) in [7, 11) is 1.62. The second-order valence-corrected chi connectivity index (χ2v) is 8.68. The molecular weight excluding hydrogens is 420 g/mol. The maximum atomic E-state index is 12.8. The largest absolute Gasteiger partial charge is 0.497 e. The van der Waals surface area contributed by atoms with Gasteiger partial charge in [-0.05, 0) is 53.9 Å². The molecule has 0 aliphatic carbocycles. The monoisotopic (exact) mass is 446 g/mol. The van der Waals surface area contributed by atoms with Crippen LogP contribution >= 0.6 is 11.8 Å². The Labute approximate surface area is 192 Å². The predicted octanol–water partition coefficient (Wildman–Crippen LogP) is 5.61. The first-order valence-electron chi connectivity index (χ1n) is 10.6. The third kappa shape index (κ3) is 4.65. The third-order valence-electron chi connectivity index (χ3n) is 5.61. The van der Waals surface area contributed by atoms with E-state index in [1.54, 1.807) is 18.9 Å². The van der Waals surface area contributed by atoms with Gasteiger partial charge in [0.2, 0.25) is 11.8 Å². The molecule has 0 aromatic heterocycles. The molecule has 1 aliphatic rings. The molecule has 1 fully saturated rings. The molecule has 1 aliphatic heterocycles. The molecule has 0 saturated carbocycles. The molecule has 2 amide bonds. The second kappa shape index (κ2) is 9.92. The normalized spacial score (nSPS) is 16.6. The van der Waals surface area contributed by atoms with Crippen LogP contribution < -0.4 is 15.0 Å². The summed E-state index contributed by atoms with van der Waals surface area (Å²) in [4.78, 5) is 27.2. The van der Waals surface area contributed by atoms with E-state index >= 15 is 0 Å². The van der Waals surface area contributed by atoms with Gasteiger partial charge in [0.25, 0.3) is 0 Å². The van der Waals surface area contributed by atoms with E-state index in [1.165, 1.54) is 0 Å². The first-order valence-corrected chi connectivity index (χ1v) is 11.7. The lowest BCUT2D eigenvalue weighted by Gasteiger charge is -2.24. The number of nitrogens with one attached hydrogen (secondary N) is 1. The lowest BCUT2D eigenvalue weighted by Crippen LogP contribution is -2.27. The zero-order valence-electron chi connectivity index (χ0n) is 18.2. The number of anilines is 2. The van der Waals surface area contributed by atoms with Gasteiger partial charge in [0.05, 0.1) is 18.8 Å². The van der Waals surface area contributed by atoms with Crippen molar-refractivity contribution in [1.82, 2.24) is 0 Å². The summed E-state index contributed by atoms with van der Waals surface area (Å²) in [5, 5.41) is 2.93. The molecular formula is C26H26N2O3S. The van der Waals surface area contributed by atoms with Crippen LogP contribution in [0.25, 0.3) is 0 Å². The number of carbonyl (C=O) groups is 2. The van der Waals surface area contributed by atoms with Crippen molar-refractivity contribution in [1.29, 1.82) is 0 Å². The average Bonchev–Trinajstić information content (AvgIpc) is 3.22. The van der Waals surface area contributed by atoms with Crippen LogP contribution in [0.5, 0.6) is 5.75 Å². The quantitative estimate of drug-likeness (QED) is 0.513. The highest BCUT2D eigenvalue weighted by atomic mass is 32.2. The van der Waals surface area contributed by atoms with Crippen molar-refractivity contribution in [3.8, 4) is 5.75 Å². The zero-order chi connectivity index (χ0) is 22.5. The maximum Gasteiger partial charge on any atom is 0.238 e. The molecule has 2 atom stereocenters. The van der Waals surface area contributed by atoms with Crippen LogP contribution in [0.3, 0.4) is 0 Å². The lowest BCUT2D eigenvalue weighted by atomic mass is 9.95. The molecule has 164 valence electrons. The minimum Gasteiger partial charge on any atom is -0.497 e. The molecule has 6 heteroatoms. The van der Waals surface area contributed by atoms with E-state index in [9.17, 15) is 9.59 Å². The van der Waals surface area contributed by atoms with E-state index in [1.807, 2.05) is 90.7 Å². The Bertz CT molecular complexity index is 1070. The van der Waals surface area contributed by atoms with Gasteiger partial charge in [-0.3, -0.25) is 14.5 Å². The van der Waals surface area contributed by atoms with Crippen LogP contribution in [0.1, 0.15) is 35.8 Å². The van der Waals surface area contributed by atoms with Crippen molar-refractivity contribution >= 4 is 35.0 Å². The molecule has 0 bridgehead atoms. The van der Waals surface area contributed by atoms with Gasteiger partial charge in [0.1, 0.15) is 11.1 Å². The van der Waals surface area contributed by atoms with E-state index in [0.717, 1.165) is 34.7 Å². The standard InChI is InChI=1S/C26H26N2O3S/c1-3-23(18-7-5-4-6-8-18)25(30)27-20-11-9-19(10-12-20)26-28(24(29)17-32-26)21-13-15-22(31-2)16-14-21/h4-16,23,26H,3,17H2,1-2H3,(H,27,30). The van der Waals surface area contributed by atoms with Crippen LogP contribution in [-0.2, 0) is 9.59 Å². The van der Waals surface area contributed by atoms with Gasteiger partial charge in [-0.25, -0.2) is 0 Å². The van der Waals surface area contributed by atoms with Crippen molar-refractivity contribution in [2.75, 3.05) is 23.1 Å². The van der Waals surface area contributed by atoms with Gasteiger partial charge in [-0.2, -0.15) is 0 Å². The minimum absolute atomic E-state index is 0.0169. The number of hydrogen-bond acceptors (Lipinski definition) is 4. The fourth-order valence-corrected chi connectivity index (χ4v) is 5.09. The summed E-state index contributed by atoms with van der Waals surface area (Å²) in [6, 6.07) is 25.1. The number of amides is 2. The van der Waals surface area contributed by atoms with Crippen LogP contribution in [0.2, 0.25) is 0 Å². The van der Waals surface area contributed by atoms with Crippen LogP contribution in [0.4, 0.5) is 11.4 Å². The maximum absolute atomic E-state index is 12.8. The van der Waals surface area contributed by atoms with Crippen LogP contribution in [-0.4, -0.2) is 24.7 Å². The number of ether oxygens (including phenoxy) is 1. The molecule has 4 rings (SSSR count). The fraction of sp³-hybridized carbons (Fsp3) is 0.231. The molecule has 3 aromatic rings. The van der Waals surface area contributed by atoms with E-state index in [-0.39, 0.29) is 23.1 Å². The first-order chi connectivity index (χ1) is 15.6. The van der Waals surface area contributed by atoms with Gasteiger partial charge in [-0.1, -0.05) is 49.4 Å². The molecule has 2 unspecified atom stereocenters. The SMILES string of the molecule is CCC(C(=O)Nc1ccc(C2SCC(=O)N2c2ccc(OC)cc2)cc1)c1ccccc1. The summed E-state index contributed by atoms with van der Waals surface area (Å²) in [5.74, 6) is 1.06. The summed E-state index contributed by atoms with van der Waals surface area (Å²) >= 11 is 1.60. The van der Waals surface area contributed by atoms with E-state index in [2.05, 4.69) is 5.32 Å². The molecule has 0 radical (unpaired) electrons. The molecule has 0 spiro atoms. The third-order valence-corrected chi connectivity index (χ3v) is 6.82. The van der Waals surface area contributed by atoms with Crippen molar-refractivity contribution in [3.05, 3.63) is 90.0 Å². The topological polar surface area (TPSA) is 58.6 Å². The predicted molar refractivity (Wildman–Crippen MR) is 130 cm³/mol. The number of hydrogen-bond donors (Lipinski definition) is 1. The van der Waals surface area contributed by atoms with Crippen LogP contribution in [0, 0.1) is 0 Å². The highest BCUT2D eigenvalue weighted by Crippen LogP contribution is 2.42. The summed E-state index contributed by atoms with van der Waals surface area (Å²) in [6.45, 7) is 2.02. The Morgan fingerprint density at radius 1 is 1.06 bits per heavy atom. The van der Waals surface area contributed by atoms with Gasteiger partial charge in [0.15, 0.2) is 0 Å². The highest BCUT2D eigenvalue weighted by molar-refractivity contribution is 8.00. The van der Waals surface area contributed by atoms with Crippen molar-refractivity contribution in [2.45, 2.75) is 24.6 Å². The number of thioether (sulfide) groups is 1. The molecule has 32 heavy (non-hydrogen) atoms. The van der Waals surface area contributed by atoms with Gasteiger partial charge < -0.3 is 10.1 Å². The average molecular weight is 447 g/mol. The zero-order valence-corrected chi connectivity index (χ0v) is 19.0. The van der Waals surface area contributed by atoms with Gasteiger partial charge >= 0.3 is 0 Å². The Balaban J connectivity index is 1.48. The minimum atomic E-state index is -0.190. The van der Waals surface area contributed by atoms with Crippen molar-refractivity contribution in [2.24, 2.45) is 0 Å². The summed E-state index contributed by atoms with van der Waals surface area (Å²) in [6.07, 6.45) is 0.728. The summed E-state index contributed by atoms with van der Waals surface area (Å²) < 4.78 is 5.22. The van der Waals surface area contributed by atoms with Crippen molar-refractivity contribution < 1.29 is 14.3 Å². The lowest BCUT2D eigenvalue weighted by molar-refractivity contribution is -0.118. The number of benzene rings is 3. The Hall–Kier alpha value is -3.25. The van der Waals surface area contributed by atoms with Crippen LogP contribution in [0.15, 0.2) is 78.9 Å². The van der Waals surface area contributed by atoms with Gasteiger partial charge in [-0.15, -0.1) is 11.8 Å². The Kier molecular flexibility index (Phi) is 6.81. The smallest absolute Gasteiger partial charge is 0.238 e. The van der Waals surface area contributed by atoms with Crippen molar-refractivity contribution in [3.63, 3.8) is 0 Å². The van der Waals surface area contributed by atoms with Gasteiger partial charge in [0, 0.05) is 11.4 Å². The summed E-state index contributed by atoms with van der Waals surface area (Å²) in [5.41, 5.74) is 3.63. The molecule has 1 N–H and O–H groups in total.